The molecule has 1 fully saturated rings. The molecule has 1 N–H and O–H groups in total. The number of aliphatic hydroxyl groups excluding tert-OH is 1. The fourth-order valence-electron chi connectivity index (χ4n) is 3.37. The van der Waals surface area contributed by atoms with Crippen LogP contribution in [0.4, 0.5) is 0 Å². The highest BCUT2D eigenvalue weighted by atomic mass is 32.1. The van der Waals surface area contributed by atoms with Crippen LogP contribution in [0.3, 0.4) is 0 Å². The number of hydrogen-bond donors (Lipinski definition) is 1. The molecule has 3 rings (SSSR count). The highest BCUT2D eigenvalue weighted by molar-refractivity contribution is 7.10. The third-order valence-corrected chi connectivity index (χ3v) is 5.61. The van der Waals surface area contributed by atoms with Crippen LogP contribution in [0.15, 0.2) is 11.4 Å². The van der Waals surface area contributed by atoms with Gasteiger partial charge in [-0.2, -0.15) is 0 Å². The first-order valence-electron chi connectivity index (χ1n) is 7.90. The molecule has 6 heteroatoms. The van der Waals surface area contributed by atoms with Gasteiger partial charge in [0, 0.05) is 31.1 Å². The molecular formula is C16H22N2O3S. The van der Waals surface area contributed by atoms with Crippen molar-refractivity contribution in [2.75, 3.05) is 26.2 Å². The average molecular weight is 322 g/mol. The van der Waals surface area contributed by atoms with Crippen molar-refractivity contribution in [1.82, 2.24) is 9.80 Å². The third kappa shape index (κ3) is 2.90. The van der Waals surface area contributed by atoms with Crippen LogP contribution in [0.1, 0.15) is 36.1 Å². The van der Waals surface area contributed by atoms with Gasteiger partial charge in [-0.25, -0.2) is 0 Å². The maximum Gasteiger partial charge on any atom is 0.251 e. The lowest BCUT2D eigenvalue weighted by atomic mass is 9.86. The molecule has 0 aromatic carbocycles. The number of hydrogen-bond acceptors (Lipinski definition) is 4. The molecule has 1 aliphatic heterocycles. The van der Waals surface area contributed by atoms with Gasteiger partial charge in [0.05, 0.1) is 5.92 Å². The Labute approximate surface area is 134 Å². The number of aryl methyl sites for hydroxylation is 1. The van der Waals surface area contributed by atoms with Gasteiger partial charge >= 0.3 is 0 Å². The van der Waals surface area contributed by atoms with Crippen molar-refractivity contribution in [1.29, 1.82) is 0 Å². The number of nitrogens with zero attached hydrogens (tertiary/aromatic N) is 2. The number of piperazine rings is 1. The van der Waals surface area contributed by atoms with Crippen LogP contribution >= 0.6 is 11.3 Å². The molecule has 1 aliphatic carbocycles. The maximum absolute atomic E-state index is 12.8. The predicted molar refractivity (Wildman–Crippen MR) is 84.8 cm³/mol. The summed E-state index contributed by atoms with van der Waals surface area (Å²) in [4.78, 5) is 29.5. The lowest BCUT2D eigenvalue weighted by molar-refractivity contribution is -0.145. The van der Waals surface area contributed by atoms with Crippen molar-refractivity contribution in [3.63, 3.8) is 0 Å². The van der Waals surface area contributed by atoms with Crippen LogP contribution in [0.25, 0.3) is 0 Å². The fraction of sp³-hybridized carbons (Fsp3) is 0.625. The van der Waals surface area contributed by atoms with E-state index in [9.17, 15) is 14.7 Å². The summed E-state index contributed by atoms with van der Waals surface area (Å²) in [6.45, 7) is 3.64. The maximum atomic E-state index is 12.8. The van der Waals surface area contributed by atoms with Crippen molar-refractivity contribution in [3.05, 3.63) is 21.9 Å². The second-order valence-corrected chi connectivity index (χ2v) is 7.07. The summed E-state index contributed by atoms with van der Waals surface area (Å²) in [5.41, 5.74) is 1.21. The van der Waals surface area contributed by atoms with E-state index in [4.69, 9.17) is 0 Å². The monoisotopic (exact) mass is 322 g/mol. The minimum absolute atomic E-state index is 0.00554. The van der Waals surface area contributed by atoms with Gasteiger partial charge in [-0.15, -0.1) is 11.3 Å². The van der Waals surface area contributed by atoms with Crippen LogP contribution in [0, 0.1) is 0 Å². The lowest BCUT2D eigenvalue weighted by Crippen LogP contribution is -2.53. The Balaban J connectivity index is 1.63. The summed E-state index contributed by atoms with van der Waals surface area (Å²) >= 11 is 1.75. The molecule has 120 valence electrons. The van der Waals surface area contributed by atoms with E-state index in [1.165, 1.54) is 17.4 Å². The van der Waals surface area contributed by atoms with Gasteiger partial charge in [-0.05, 0) is 43.2 Å². The largest absolute Gasteiger partial charge is 0.384 e. The van der Waals surface area contributed by atoms with Crippen LogP contribution in [0.5, 0.6) is 0 Å². The lowest BCUT2D eigenvalue weighted by Gasteiger charge is -2.37. The predicted octanol–water partition coefficient (Wildman–Crippen LogP) is 1.22. The van der Waals surface area contributed by atoms with E-state index in [0.29, 0.717) is 26.2 Å². The Hall–Kier alpha value is -1.40. The van der Waals surface area contributed by atoms with Gasteiger partial charge in [0.2, 0.25) is 5.91 Å². The Morgan fingerprint density at radius 1 is 1.27 bits per heavy atom. The Bertz CT molecular complexity index is 561. The molecule has 0 radical (unpaired) electrons. The minimum Gasteiger partial charge on any atom is -0.384 e. The molecule has 5 nitrogen and oxygen atoms in total. The smallest absolute Gasteiger partial charge is 0.251 e. The molecule has 2 amide bonds. The van der Waals surface area contributed by atoms with Gasteiger partial charge in [-0.1, -0.05) is 0 Å². The van der Waals surface area contributed by atoms with Gasteiger partial charge in [0.1, 0.15) is 6.10 Å². The van der Waals surface area contributed by atoms with Crippen molar-refractivity contribution in [2.45, 2.75) is 38.2 Å². The first-order chi connectivity index (χ1) is 10.6. The normalized spacial score (nSPS) is 23.1. The number of aliphatic hydroxyl groups is 1. The van der Waals surface area contributed by atoms with Gasteiger partial charge in [-0.3, -0.25) is 9.59 Å². The SMILES string of the molecule is CC(O)C(=O)N1CCN(C(=O)C2CCCc3sccc32)CC1. The molecule has 1 aromatic rings. The zero-order valence-electron chi connectivity index (χ0n) is 12.8. The van der Waals surface area contributed by atoms with E-state index in [2.05, 4.69) is 11.4 Å². The minimum atomic E-state index is -0.964. The number of amides is 2. The topological polar surface area (TPSA) is 60.9 Å². The molecule has 2 unspecified atom stereocenters. The highest BCUT2D eigenvalue weighted by Crippen LogP contribution is 2.36. The van der Waals surface area contributed by atoms with Crippen molar-refractivity contribution in [3.8, 4) is 0 Å². The van der Waals surface area contributed by atoms with E-state index in [0.717, 1.165) is 19.3 Å². The van der Waals surface area contributed by atoms with Gasteiger partial charge in [0.15, 0.2) is 0 Å². The van der Waals surface area contributed by atoms with Crippen molar-refractivity contribution in [2.24, 2.45) is 0 Å². The second-order valence-electron chi connectivity index (χ2n) is 6.07. The number of carbonyl (C=O) groups excluding carboxylic acids is 2. The second kappa shape index (κ2) is 6.38. The first kappa shape index (κ1) is 15.5. The van der Waals surface area contributed by atoms with E-state index >= 15 is 0 Å². The van der Waals surface area contributed by atoms with E-state index in [-0.39, 0.29) is 17.7 Å². The Kier molecular flexibility index (Phi) is 4.49. The van der Waals surface area contributed by atoms with E-state index < -0.39 is 6.10 Å². The summed E-state index contributed by atoms with van der Waals surface area (Å²) in [5.74, 6) is -0.0533. The quantitative estimate of drug-likeness (QED) is 0.890. The summed E-state index contributed by atoms with van der Waals surface area (Å²) in [6.07, 6.45) is 2.13. The number of rotatable bonds is 2. The molecule has 2 aliphatic rings. The summed E-state index contributed by atoms with van der Waals surface area (Å²) in [5, 5.41) is 11.4. The molecule has 1 aromatic heterocycles. The standard InChI is InChI=1S/C16H22N2O3S/c1-11(19)15(20)17-6-8-18(9-7-17)16(21)13-3-2-4-14-12(13)5-10-22-14/h5,10-11,13,19H,2-4,6-9H2,1H3. The third-order valence-electron chi connectivity index (χ3n) is 4.61. The number of fused-ring (bicyclic) bond motifs is 1. The number of carbonyl (C=O) groups is 2. The fourth-order valence-corrected chi connectivity index (χ4v) is 4.36. The van der Waals surface area contributed by atoms with Crippen molar-refractivity contribution >= 4 is 23.2 Å². The zero-order chi connectivity index (χ0) is 15.7. The summed E-state index contributed by atoms with van der Waals surface area (Å²) in [7, 11) is 0. The molecule has 0 spiro atoms. The van der Waals surface area contributed by atoms with Crippen molar-refractivity contribution < 1.29 is 14.7 Å². The highest BCUT2D eigenvalue weighted by Gasteiger charge is 2.33. The van der Waals surface area contributed by atoms with Gasteiger partial charge < -0.3 is 14.9 Å². The average Bonchev–Trinajstić information content (AvgIpc) is 3.02. The summed E-state index contributed by atoms with van der Waals surface area (Å²) < 4.78 is 0. The molecular weight excluding hydrogens is 300 g/mol. The van der Waals surface area contributed by atoms with Gasteiger partial charge in [0.25, 0.3) is 5.91 Å². The number of thiophene rings is 1. The first-order valence-corrected chi connectivity index (χ1v) is 8.78. The molecule has 0 bridgehead atoms. The van der Waals surface area contributed by atoms with Crippen LogP contribution in [-0.4, -0.2) is 59.0 Å². The molecule has 0 saturated carbocycles. The zero-order valence-corrected chi connectivity index (χ0v) is 13.6. The van der Waals surface area contributed by atoms with Crippen LogP contribution < -0.4 is 0 Å². The molecule has 1 saturated heterocycles. The molecule has 2 heterocycles. The molecule has 2 atom stereocenters. The van der Waals surface area contributed by atoms with E-state index in [1.54, 1.807) is 16.2 Å². The van der Waals surface area contributed by atoms with E-state index in [1.807, 2.05) is 4.90 Å². The van der Waals surface area contributed by atoms with Crippen LogP contribution in [-0.2, 0) is 16.0 Å². The Morgan fingerprint density at radius 2 is 1.95 bits per heavy atom. The summed E-state index contributed by atoms with van der Waals surface area (Å²) in [6, 6.07) is 2.09. The Morgan fingerprint density at radius 3 is 2.64 bits per heavy atom. The van der Waals surface area contributed by atoms with Crippen LogP contribution in [0.2, 0.25) is 0 Å². The molecule has 22 heavy (non-hydrogen) atoms.